The highest BCUT2D eigenvalue weighted by molar-refractivity contribution is 5.67. The van der Waals surface area contributed by atoms with E-state index in [-0.39, 0.29) is 0 Å². The van der Waals surface area contributed by atoms with Crippen LogP contribution in [0.1, 0.15) is 0 Å². The van der Waals surface area contributed by atoms with Gasteiger partial charge < -0.3 is 5.41 Å². The maximum atomic E-state index is 7.80. The summed E-state index contributed by atoms with van der Waals surface area (Å²) in [6.07, 6.45) is 0. The molecule has 32 valence electrons. The molecule has 0 spiro atoms. The molecule has 0 aliphatic carbocycles. The molecule has 0 bridgehead atoms. The summed E-state index contributed by atoms with van der Waals surface area (Å²) in [6.45, 7) is 6.10. The van der Waals surface area contributed by atoms with Crippen LogP contribution in [0.25, 0.3) is 10.3 Å². The lowest BCUT2D eigenvalue weighted by Gasteiger charge is -1.70. The minimum absolute atomic E-state index is 0.417. The van der Waals surface area contributed by atoms with Crippen LogP contribution in [0.5, 0.6) is 0 Å². The average molecular weight is 90.1 g/mol. The third-order valence-corrected chi connectivity index (χ3v) is 0.324. The molecule has 3 heteroatoms. The Morgan fingerprint density at radius 3 is 2.43 bits per heavy atom. The fraction of sp³-hybridized carbons (Fsp3) is 0. The Morgan fingerprint density at radius 1 is 1.86 bits per heavy atom. The van der Waals surface area contributed by atoms with E-state index < -0.39 is 5.70 Å². The monoisotopic (exact) mass is 90.0 g/mol. The average Bonchev–Trinajstić information content (AvgIpc) is 1.72. The van der Waals surface area contributed by atoms with Crippen molar-refractivity contribution in [1.82, 2.24) is 0 Å². The first-order valence-electron chi connectivity index (χ1n) is 1.39. The summed E-state index contributed by atoms with van der Waals surface area (Å²) in [5.74, 6) is 1.40. The minimum atomic E-state index is -0.417. The van der Waals surface area contributed by atoms with Gasteiger partial charge in [-0.2, -0.15) is 0 Å². The van der Waals surface area contributed by atoms with Crippen molar-refractivity contribution in [3.8, 4) is 6.07 Å². The fourth-order valence-corrected chi connectivity index (χ4v) is 0.0750. The molecule has 0 aromatic carbocycles. The smallest absolute Gasteiger partial charge is 0.280 e. The van der Waals surface area contributed by atoms with Gasteiger partial charge in [0.05, 0.1) is 12.6 Å². The van der Waals surface area contributed by atoms with Crippen LogP contribution < -0.4 is 0 Å². The Balaban J connectivity index is 4.35. The second kappa shape index (κ2) is 2.66. The predicted molar refractivity (Wildman–Crippen MR) is 24.1 cm³/mol. The first-order valence-corrected chi connectivity index (χ1v) is 1.39. The van der Waals surface area contributed by atoms with Crippen molar-refractivity contribution in [3.05, 3.63) is 22.5 Å². The van der Waals surface area contributed by atoms with E-state index in [0.29, 0.717) is 0 Å². The summed E-state index contributed by atoms with van der Waals surface area (Å²) in [5, 5.41) is 15.6. The van der Waals surface area contributed by atoms with Gasteiger partial charge >= 0.3 is 0 Å². The van der Waals surface area contributed by atoms with Crippen molar-refractivity contribution in [2.45, 2.75) is 0 Å². The third-order valence-electron chi connectivity index (χ3n) is 0.324. The first kappa shape index (κ1) is 5.43. The second-order valence-electron chi connectivity index (χ2n) is 0.684. The van der Waals surface area contributed by atoms with E-state index in [1.54, 1.807) is 0 Å². The SMILES string of the molecule is [C-]#[N+]C(=C=[N-])C#N. The molecular weight excluding hydrogens is 90.1 g/mol. The van der Waals surface area contributed by atoms with Gasteiger partial charge in [0.1, 0.15) is 0 Å². The Labute approximate surface area is 40.8 Å². The zero-order chi connectivity index (χ0) is 5.70. The van der Waals surface area contributed by atoms with E-state index in [9.17, 15) is 0 Å². The molecule has 0 saturated heterocycles. The van der Waals surface area contributed by atoms with Crippen molar-refractivity contribution >= 4 is 5.87 Å². The first-order chi connectivity index (χ1) is 3.35. The van der Waals surface area contributed by atoms with Gasteiger partial charge in [0.15, 0.2) is 0 Å². The van der Waals surface area contributed by atoms with Crippen LogP contribution >= 0.6 is 0 Å². The van der Waals surface area contributed by atoms with Gasteiger partial charge in [0, 0.05) is 0 Å². The Bertz CT molecular complexity index is 168. The van der Waals surface area contributed by atoms with Crippen LogP contribution in [0, 0.1) is 17.9 Å². The summed E-state index contributed by atoms with van der Waals surface area (Å²) >= 11 is 0. The van der Waals surface area contributed by atoms with E-state index in [0.717, 1.165) is 0 Å². The zero-order valence-corrected chi connectivity index (χ0v) is 3.34. The van der Waals surface area contributed by atoms with Gasteiger partial charge in [-0.3, -0.25) is 5.87 Å². The molecule has 7 heavy (non-hydrogen) atoms. The molecule has 0 amide bonds. The van der Waals surface area contributed by atoms with Gasteiger partial charge in [-0.25, -0.2) is 10.1 Å². The van der Waals surface area contributed by atoms with Crippen LogP contribution in [-0.2, 0) is 0 Å². The fourth-order valence-electron chi connectivity index (χ4n) is 0.0750. The summed E-state index contributed by atoms with van der Waals surface area (Å²) in [5.41, 5.74) is -0.417. The van der Waals surface area contributed by atoms with E-state index in [4.69, 9.17) is 17.2 Å². The number of allylic oxidation sites excluding steroid dienone is 1. The van der Waals surface area contributed by atoms with Crippen molar-refractivity contribution < 1.29 is 0 Å². The summed E-state index contributed by atoms with van der Waals surface area (Å²) in [4.78, 5) is 2.57. The van der Waals surface area contributed by atoms with E-state index in [1.807, 2.05) is 0 Å². The lowest BCUT2D eigenvalue weighted by Crippen LogP contribution is -1.61. The number of hydrogen-bond acceptors (Lipinski definition) is 1. The lowest BCUT2D eigenvalue weighted by molar-refractivity contribution is 1.51. The number of hydrogen-bond donors (Lipinski definition) is 0. The Hall–Kier alpha value is -1.57. The molecule has 0 aromatic heterocycles. The van der Waals surface area contributed by atoms with Crippen LogP contribution in [0.3, 0.4) is 0 Å². The molecule has 0 fully saturated rings. The summed E-state index contributed by atoms with van der Waals surface area (Å²) < 4.78 is 0. The van der Waals surface area contributed by atoms with E-state index in [1.165, 1.54) is 11.9 Å². The molecule has 0 N–H and O–H groups in total. The maximum absolute atomic E-state index is 7.80. The number of nitrogens with zero attached hydrogens (tertiary/aromatic N) is 3. The van der Waals surface area contributed by atoms with Crippen molar-refractivity contribution in [2.75, 3.05) is 0 Å². The van der Waals surface area contributed by atoms with Gasteiger partial charge in [-0.15, -0.1) is 0 Å². The topological polar surface area (TPSA) is 50.5 Å². The van der Waals surface area contributed by atoms with Crippen molar-refractivity contribution in [3.63, 3.8) is 0 Å². The largest absolute Gasteiger partial charge is 0.775 e. The van der Waals surface area contributed by atoms with Crippen LogP contribution in [0.15, 0.2) is 5.70 Å². The highest BCUT2D eigenvalue weighted by Crippen LogP contribution is 1.81. The zero-order valence-electron chi connectivity index (χ0n) is 3.34. The maximum Gasteiger partial charge on any atom is 0.280 e. The Kier molecular flexibility index (Phi) is 2.06. The van der Waals surface area contributed by atoms with E-state index >= 15 is 0 Å². The molecule has 0 rings (SSSR count). The normalized spacial score (nSPS) is 4.86. The number of nitriles is 1. The molecule has 0 radical (unpaired) electrons. The Morgan fingerprint density at radius 2 is 2.43 bits per heavy atom. The quantitative estimate of drug-likeness (QED) is 0.243. The molecule has 0 aliphatic rings. The van der Waals surface area contributed by atoms with E-state index in [2.05, 4.69) is 4.85 Å². The molecule has 3 nitrogen and oxygen atoms in total. The van der Waals surface area contributed by atoms with Gasteiger partial charge in [0.2, 0.25) is 0 Å². The lowest BCUT2D eigenvalue weighted by atomic mass is 10.6. The predicted octanol–water partition coefficient (Wildman–Crippen LogP) is 0.552. The van der Waals surface area contributed by atoms with Crippen LogP contribution in [0.4, 0.5) is 0 Å². The van der Waals surface area contributed by atoms with Gasteiger partial charge in [-0.05, 0) is 0 Å². The molecule has 0 saturated carbocycles. The third kappa shape index (κ3) is 1.33. The standard InChI is InChI=1S/C4N3/c1-7-4(2-5)3-6/q-1. The van der Waals surface area contributed by atoms with Gasteiger partial charge in [-0.1, -0.05) is 0 Å². The van der Waals surface area contributed by atoms with Crippen LogP contribution in [0.2, 0.25) is 0 Å². The summed E-state index contributed by atoms with van der Waals surface area (Å²) in [7, 11) is 0. The highest BCUT2D eigenvalue weighted by Gasteiger charge is 1.77. The molecular formula is C4N3-. The molecule has 0 aliphatic heterocycles. The van der Waals surface area contributed by atoms with Crippen LogP contribution in [-0.4, -0.2) is 5.87 Å². The van der Waals surface area contributed by atoms with Gasteiger partial charge in [0.25, 0.3) is 5.70 Å². The molecule has 0 aromatic rings. The highest BCUT2D eigenvalue weighted by atomic mass is 14.7. The second-order valence-corrected chi connectivity index (χ2v) is 0.684. The molecule has 0 heterocycles. The molecule has 0 atom stereocenters. The van der Waals surface area contributed by atoms with Crippen molar-refractivity contribution in [1.29, 1.82) is 5.26 Å². The minimum Gasteiger partial charge on any atom is -0.775 e. The summed E-state index contributed by atoms with van der Waals surface area (Å²) in [6, 6.07) is 1.40. The number of rotatable bonds is 0. The molecule has 0 unspecified atom stereocenters. The van der Waals surface area contributed by atoms with Crippen molar-refractivity contribution in [2.24, 2.45) is 0 Å².